The zero-order valence-corrected chi connectivity index (χ0v) is 10.9. The molecule has 0 aromatic heterocycles. The topological polar surface area (TPSA) is 15.3 Å². The molecule has 0 aliphatic carbocycles. The van der Waals surface area contributed by atoms with Crippen LogP contribution >= 0.6 is 0 Å². The fourth-order valence-corrected chi connectivity index (χ4v) is 1.86. The molecule has 0 saturated carbocycles. The zero-order valence-electron chi connectivity index (χ0n) is 10.9. The molecule has 16 heavy (non-hydrogen) atoms. The third kappa shape index (κ3) is 3.95. The largest absolute Gasteiger partial charge is 0.309 e. The number of nitrogens with one attached hydrogen (secondary N) is 1. The molecule has 0 fully saturated rings. The maximum absolute atomic E-state index is 3.59. The molecule has 1 rings (SSSR count). The van der Waals surface area contributed by atoms with Gasteiger partial charge in [0.15, 0.2) is 0 Å². The van der Waals surface area contributed by atoms with Crippen LogP contribution in [0.25, 0.3) is 0 Å². The van der Waals surface area contributed by atoms with Crippen LogP contribution in [0.1, 0.15) is 31.9 Å². The Labute approximate surface area is 99.7 Å². The van der Waals surface area contributed by atoms with Gasteiger partial charge in [0.1, 0.15) is 0 Å². The van der Waals surface area contributed by atoms with Gasteiger partial charge in [0, 0.05) is 18.6 Å². The summed E-state index contributed by atoms with van der Waals surface area (Å²) in [7, 11) is 4.28. The summed E-state index contributed by atoms with van der Waals surface area (Å²) in [6.07, 6.45) is 1.18. The number of nitrogens with zero attached hydrogens (tertiary/aromatic N) is 1. The van der Waals surface area contributed by atoms with Gasteiger partial charge in [-0.25, -0.2) is 0 Å². The lowest BCUT2D eigenvalue weighted by atomic mass is 10.1. The van der Waals surface area contributed by atoms with Crippen molar-refractivity contribution in [3.8, 4) is 0 Å². The van der Waals surface area contributed by atoms with Gasteiger partial charge in [-0.3, -0.25) is 0 Å². The van der Waals surface area contributed by atoms with E-state index in [2.05, 4.69) is 68.5 Å². The summed E-state index contributed by atoms with van der Waals surface area (Å²) < 4.78 is 0. The van der Waals surface area contributed by atoms with Crippen molar-refractivity contribution in [2.24, 2.45) is 0 Å². The molecule has 2 atom stereocenters. The van der Waals surface area contributed by atoms with Crippen molar-refractivity contribution in [3.05, 3.63) is 35.9 Å². The van der Waals surface area contributed by atoms with E-state index in [9.17, 15) is 0 Å². The highest BCUT2D eigenvalue weighted by Gasteiger charge is 2.10. The molecule has 2 nitrogen and oxygen atoms in total. The average Bonchev–Trinajstić information content (AvgIpc) is 2.30. The van der Waals surface area contributed by atoms with Crippen molar-refractivity contribution in [1.82, 2.24) is 10.2 Å². The van der Waals surface area contributed by atoms with E-state index >= 15 is 0 Å². The zero-order chi connectivity index (χ0) is 12.0. The molecule has 2 heteroatoms. The van der Waals surface area contributed by atoms with Gasteiger partial charge in [-0.1, -0.05) is 37.3 Å². The standard InChI is InChI=1S/C14H24N2/c1-5-14(16(3)4)11-15-12(2)13-9-7-6-8-10-13/h6-10,12,14-15H,5,11H2,1-4H3. The molecule has 90 valence electrons. The summed E-state index contributed by atoms with van der Waals surface area (Å²) in [5, 5.41) is 3.59. The third-order valence-electron chi connectivity index (χ3n) is 3.16. The Morgan fingerprint density at radius 3 is 2.31 bits per heavy atom. The minimum atomic E-state index is 0.426. The average molecular weight is 220 g/mol. The smallest absolute Gasteiger partial charge is 0.0292 e. The first-order valence-electron chi connectivity index (χ1n) is 6.10. The molecule has 0 aliphatic heterocycles. The summed E-state index contributed by atoms with van der Waals surface area (Å²) >= 11 is 0. The minimum absolute atomic E-state index is 0.426. The van der Waals surface area contributed by atoms with Gasteiger partial charge in [-0.2, -0.15) is 0 Å². The van der Waals surface area contributed by atoms with Crippen LogP contribution in [0.15, 0.2) is 30.3 Å². The Morgan fingerprint density at radius 2 is 1.81 bits per heavy atom. The van der Waals surface area contributed by atoms with Gasteiger partial charge in [-0.15, -0.1) is 0 Å². The van der Waals surface area contributed by atoms with Crippen LogP contribution in [0, 0.1) is 0 Å². The Balaban J connectivity index is 2.43. The second kappa shape index (κ2) is 6.66. The SMILES string of the molecule is CCC(CNC(C)c1ccccc1)N(C)C. The molecule has 0 saturated heterocycles. The summed E-state index contributed by atoms with van der Waals surface area (Å²) in [6, 6.07) is 11.6. The molecule has 1 N–H and O–H groups in total. The summed E-state index contributed by atoms with van der Waals surface area (Å²) in [5.41, 5.74) is 1.36. The van der Waals surface area contributed by atoms with Crippen LogP contribution in [0.3, 0.4) is 0 Å². The first-order valence-corrected chi connectivity index (χ1v) is 6.10. The van der Waals surface area contributed by atoms with Crippen molar-refractivity contribution in [1.29, 1.82) is 0 Å². The molecule has 2 unspecified atom stereocenters. The number of hydrogen-bond acceptors (Lipinski definition) is 2. The summed E-state index contributed by atoms with van der Waals surface area (Å²) in [5.74, 6) is 0. The molecule has 0 aliphatic rings. The van der Waals surface area contributed by atoms with Gasteiger partial charge in [0.05, 0.1) is 0 Å². The predicted molar refractivity (Wildman–Crippen MR) is 70.6 cm³/mol. The van der Waals surface area contributed by atoms with Crippen molar-refractivity contribution in [2.75, 3.05) is 20.6 Å². The Bertz CT molecular complexity index is 282. The van der Waals surface area contributed by atoms with E-state index in [1.165, 1.54) is 12.0 Å². The van der Waals surface area contributed by atoms with Crippen LogP contribution in [0.4, 0.5) is 0 Å². The highest BCUT2D eigenvalue weighted by atomic mass is 15.1. The minimum Gasteiger partial charge on any atom is -0.309 e. The van der Waals surface area contributed by atoms with Gasteiger partial charge >= 0.3 is 0 Å². The number of hydrogen-bond donors (Lipinski definition) is 1. The van der Waals surface area contributed by atoms with Crippen molar-refractivity contribution < 1.29 is 0 Å². The van der Waals surface area contributed by atoms with Crippen LogP contribution in [-0.2, 0) is 0 Å². The molecule has 0 heterocycles. The number of rotatable bonds is 6. The van der Waals surface area contributed by atoms with Crippen LogP contribution in [-0.4, -0.2) is 31.6 Å². The fraction of sp³-hybridized carbons (Fsp3) is 0.571. The molecular weight excluding hydrogens is 196 g/mol. The summed E-state index contributed by atoms with van der Waals surface area (Å²) in [4.78, 5) is 2.28. The normalized spacial score (nSPS) is 15.1. The molecule has 1 aromatic rings. The Morgan fingerprint density at radius 1 is 1.19 bits per heavy atom. The second-order valence-corrected chi connectivity index (χ2v) is 4.57. The highest BCUT2D eigenvalue weighted by molar-refractivity contribution is 5.17. The van der Waals surface area contributed by atoms with E-state index in [-0.39, 0.29) is 0 Å². The van der Waals surface area contributed by atoms with Crippen LogP contribution < -0.4 is 5.32 Å². The fourth-order valence-electron chi connectivity index (χ4n) is 1.86. The van der Waals surface area contributed by atoms with E-state index in [4.69, 9.17) is 0 Å². The first-order chi connectivity index (χ1) is 7.65. The van der Waals surface area contributed by atoms with Gasteiger partial charge in [0.25, 0.3) is 0 Å². The molecule has 0 bridgehead atoms. The third-order valence-corrected chi connectivity index (χ3v) is 3.16. The first kappa shape index (κ1) is 13.2. The highest BCUT2D eigenvalue weighted by Crippen LogP contribution is 2.11. The predicted octanol–water partition coefficient (Wildman–Crippen LogP) is 2.68. The molecule has 1 aromatic carbocycles. The molecule has 0 amide bonds. The number of likely N-dealkylation sites (N-methyl/N-ethyl adjacent to an activating group) is 1. The Kier molecular flexibility index (Phi) is 5.50. The second-order valence-electron chi connectivity index (χ2n) is 4.57. The van der Waals surface area contributed by atoms with Crippen molar-refractivity contribution in [3.63, 3.8) is 0 Å². The lowest BCUT2D eigenvalue weighted by Gasteiger charge is -2.25. The molecular formula is C14H24N2. The van der Waals surface area contributed by atoms with Crippen molar-refractivity contribution in [2.45, 2.75) is 32.4 Å². The molecule has 0 radical (unpaired) electrons. The van der Waals surface area contributed by atoms with Gasteiger partial charge in [-0.05, 0) is 33.0 Å². The quantitative estimate of drug-likeness (QED) is 0.793. The maximum Gasteiger partial charge on any atom is 0.0292 e. The summed E-state index contributed by atoms with van der Waals surface area (Å²) in [6.45, 7) is 5.50. The maximum atomic E-state index is 3.59. The Hall–Kier alpha value is -0.860. The van der Waals surface area contributed by atoms with Gasteiger partial charge in [0.2, 0.25) is 0 Å². The van der Waals surface area contributed by atoms with Crippen LogP contribution in [0.2, 0.25) is 0 Å². The van der Waals surface area contributed by atoms with Crippen molar-refractivity contribution >= 4 is 0 Å². The van der Waals surface area contributed by atoms with Gasteiger partial charge < -0.3 is 10.2 Å². The van der Waals surface area contributed by atoms with E-state index in [0.717, 1.165) is 6.54 Å². The monoisotopic (exact) mass is 220 g/mol. The van der Waals surface area contributed by atoms with Crippen LogP contribution in [0.5, 0.6) is 0 Å². The lowest BCUT2D eigenvalue weighted by Crippen LogP contribution is -2.38. The number of benzene rings is 1. The van der Waals surface area contributed by atoms with E-state index in [1.54, 1.807) is 0 Å². The molecule has 0 spiro atoms. The lowest BCUT2D eigenvalue weighted by molar-refractivity contribution is 0.270. The van der Waals surface area contributed by atoms with E-state index in [0.29, 0.717) is 12.1 Å². The van der Waals surface area contributed by atoms with E-state index < -0.39 is 0 Å². The van der Waals surface area contributed by atoms with E-state index in [1.807, 2.05) is 0 Å².